The van der Waals surface area contributed by atoms with Crippen LogP contribution in [-0.4, -0.2) is 36.9 Å². The van der Waals surface area contributed by atoms with E-state index in [1.54, 1.807) is 0 Å². The SMILES string of the molecule is CN1CCC2Oc3ccc(Br)cc3C(=O)C2C1. The number of Topliss-reactive ketones (excluding diaryl/α,β-unsaturated/α-hetero) is 1. The summed E-state index contributed by atoms with van der Waals surface area (Å²) in [5.41, 5.74) is 0.718. The molecule has 0 aromatic heterocycles. The summed E-state index contributed by atoms with van der Waals surface area (Å²) in [5.74, 6) is 0.962. The van der Waals surface area contributed by atoms with Crippen LogP contribution in [0.15, 0.2) is 22.7 Å². The number of hydrogen-bond donors (Lipinski definition) is 0. The summed E-state index contributed by atoms with van der Waals surface area (Å²) in [4.78, 5) is 14.6. The topological polar surface area (TPSA) is 29.5 Å². The monoisotopic (exact) mass is 295 g/mol. The van der Waals surface area contributed by atoms with Crippen LogP contribution in [0, 0.1) is 5.92 Å². The zero-order valence-corrected chi connectivity index (χ0v) is 11.2. The summed E-state index contributed by atoms with van der Waals surface area (Å²) in [7, 11) is 2.06. The van der Waals surface area contributed by atoms with E-state index < -0.39 is 0 Å². The van der Waals surface area contributed by atoms with Gasteiger partial charge in [0, 0.05) is 17.6 Å². The second-order valence-corrected chi connectivity index (χ2v) is 5.73. The second kappa shape index (κ2) is 4.10. The van der Waals surface area contributed by atoms with E-state index in [0.717, 1.165) is 35.3 Å². The molecule has 2 aliphatic rings. The number of rotatable bonds is 0. The Balaban J connectivity index is 2.00. The zero-order valence-electron chi connectivity index (χ0n) is 9.65. The smallest absolute Gasteiger partial charge is 0.174 e. The highest BCUT2D eigenvalue weighted by atomic mass is 79.9. The highest BCUT2D eigenvalue weighted by Crippen LogP contribution is 2.35. The summed E-state index contributed by atoms with van der Waals surface area (Å²) in [6.45, 7) is 1.80. The lowest BCUT2D eigenvalue weighted by Gasteiger charge is -2.39. The van der Waals surface area contributed by atoms with Gasteiger partial charge in [0.15, 0.2) is 5.78 Å². The van der Waals surface area contributed by atoms with Crippen molar-refractivity contribution in [2.45, 2.75) is 12.5 Å². The lowest BCUT2D eigenvalue weighted by atomic mass is 9.85. The lowest BCUT2D eigenvalue weighted by Crippen LogP contribution is -2.49. The summed E-state index contributed by atoms with van der Waals surface area (Å²) in [5, 5.41) is 0. The van der Waals surface area contributed by atoms with Gasteiger partial charge in [0.05, 0.1) is 11.5 Å². The van der Waals surface area contributed by atoms with Crippen molar-refractivity contribution in [3.63, 3.8) is 0 Å². The second-order valence-electron chi connectivity index (χ2n) is 4.82. The molecule has 0 bridgehead atoms. The Morgan fingerprint density at radius 2 is 2.29 bits per heavy atom. The molecule has 3 rings (SSSR count). The third-order valence-electron chi connectivity index (χ3n) is 3.57. The van der Waals surface area contributed by atoms with Crippen LogP contribution in [0.25, 0.3) is 0 Å². The van der Waals surface area contributed by atoms with Crippen LogP contribution in [-0.2, 0) is 0 Å². The minimum atomic E-state index is -0.00412. The van der Waals surface area contributed by atoms with Crippen molar-refractivity contribution in [3.8, 4) is 5.75 Å². The predicted octanol–water partition coefficient (Wildman–Crippen LogP) is 2.34. The van der Waals surface area contributed by atoms with Gasteiger partial charge in [0.2, 0.25) is 0 Å². The maximum absolute atomic E-state index is 12.4. The van der Waals surface area contributed by atoms with Gasteiger partial charge in [-0.25, -0.2) is 0 Å². The standard InChI is InChI=1S/C13H14BrNO2/c1-15-5-4-12-10(7-15)13(16)9-6-8(14)2-3-11(9)17-12/h2-3,6,10,12H,4-5,7H2,1H3. The van der Waals surface area contributed by atoms with Gasteiger partial charge in [0.1, 0.15) is 11.9 Å². The fraction of sp³-hybridized carbons (Fsp3) is 0.462. The predicted molar refractivity (Wildman–Crippen MR) is 68.5 cm³/mol. The Labute approximate surface area is 109 Å². The van der Waals surface area contributed by atoms with E-state index >= 15 is 0 Å². The molecule has 1 aromatic rings. The molecule has 2 unspecified atom stereocenters. The van der Waals surface area contributed by atoms with Crippen LogP contribution in [0.3, 0.4) is 0 Å². The maximum atomic E-state index is 12.4. The maximum Gasteiger partial charge on any atom is 0.174 e. The molecule has 0 aliphatic carbocycles. The Morgan fingerprint density at radius 3 is 3.12 bits per heavy atom. The first kappa shape index (κ1) is 11.2. The third kappa shape index (κ3) is 1.89. The Bertz CT molecular complexity index is 474. The van der Waals surface area contributed by atoms with E-state index in [-0.39, 0.29) is 17.8 Å². The minimum Gasteiger partial charge on any atom is -0.489 e. The fourth-order valence-electron chi connectivity index (χ4n) is 2.65. The van der Waals surface area contributed by atoms with E-state index in [2.05, 4.69) is 27.9 Å². The van der Waals surface area contributed by atoms with Crippen LogP contribution >= 0.6 is 15.9 Å². The normalized spacial score (nSPS) is 28.2. The summed E-state index contributed by atoms with van der Waals surface area (Å²) < 4.78 is 6.87. The Morgan fingerprint density at radius 1 is 1.47 bits per heavy atom. The van der Waals surface area contributed by atoms with Crippen molar-refractivity contribution in [1.29, 1.82) is 0 Å². The van der Waals surface area contributed by atoms with Gasteiger partial charge in [-0.1, -0.05) is 15.9 Å². The fourth-order valence-corrected chi connectivity index (χ4v) is 3.01. The number of hydrogen-bond acceptors (Lipinski definition) is 3. The number of piperidine rings is 1. The first-order chi connectivity index (χ1) is 8.15. The van der Waals surface area contributed by atoms with Crippen molar-refractivity contribution in [3.05, 3.63) is 28.2 Å². The van der Waals surface area contributed by atoms with Gasteiger partial charge >= 0.3 is 0 Å². The zero-order chi connectivity index (χ0) is 12.0. The molecule has 1 fully saturated rings. The molecular weight excluding hydrogens is 282 g/mol. The summed E-state index contributed by atoms with van der Waals surface area (Å²) >= 11 is 3.40. The lowest BCUT2D eigenvalue weighted by molar-refractivity contribution is 0.0350. The van der Waals surface area contributed by atoms with E-state index in [9.17, 15) is 4.79 Å². The van der Waals surface area contributed by atoms with Crippen LogP contribution in [0.1, 0.15) is 16.8 Å². The van der Waals surface area contributed by atoms with Crippen molar-refractivity contribution in [2.75, 3.05) is 20.1 Å². The van der Waals surface area contributed by atoms with Crippen LogP contribution in [0.4, 0.5) is 0 Å². The molecule has 1 aromatic carbocycles. The molecule has 90 valence electrons. The molecule has 2 atom stereocenters. The van der Waals surface area contributed by atoms with Crippen molar-refractivity contribution >= 4 is 21.7 Å². The van der Waals surface area contributed by atoms with Crippen LogP contribution in [0.5, 0.6) is 5.75 Å². The number of benzene rings is 1. The molecule has 0 saturated carbocycles. The quantitative estimate of drug-likeness (QED) is 0.736. The third-order valence-corrected chi connectivity index (χ3v) is 4.07. The highest BCUT2D eigenvalue weighted by Gasteiger charge is 2.40. The molecule has 17 heavy (non-hydrogen) atoms. The van der Waals surface area contributed by atoms with E-state index in [1.807, 2.05) is 18.2 Å². The molecule has 0 spiro atoms. The van der Waals surface area contributed by atoms with Crippen molar-refractivity contribution < 1.29 is 9.53 Å². The Hall–Kier alpha value is -0.870. The first-order valence-electron chi connectivity index (χ1n) is 5.84. The molecular formula is C13H14BrNO2. The number of nitrogens with zero attached hydrogens (tertiary/aromatic N) is 1. The van der Waals surface area contributed by atoms with Gasteiger partial charge in [-0.05, 0) is 31.7 Å². The molecule has 0 N–H and O–H groups in total. The molecule has 2 heterocycles. The molecule has 4 heteroatoms. The number of carbonyl (C=O) groups is 1. The van der Waals surface area contributed by atoms with E-state index in [0.29, 0.717) is 0 Å². The summed E-state index contributed by atoms with van der Waals surface area (Å²) in [6, 6.07) is 5.66. The average Bonchev–Trinajstić information content (AvgIpc) is 2.32. The van der Waals surface area contributed by atoms with Gasteiger partial charge in [0.25, 0.3) is 0 Å². The number of ketones is 1. The molecule has 1 saturated heterocycles. The van der Waals surface area contributed by atoms with Crippen LogP contribution in [0.2, 0.25) is 0 Å². The van der Waals surface area contributed by atoms with Gasteiger partial charge < -0.3 is 9.64 Å². The highest BCUT2D eigenvalue weighted by molar-refractivity contribution is 9.10. The molecule has 2 aliphatic heterocycles. The van der Waals surface area contributed by atoms with Crippen LogP contribution < -0.4 is 4.74 Å². The molecule has 3 nitrogen and oxygen atoms in total. The van der Waals surface area contributed by atoms with E-state index in [4.69, 9.17) is 4.74 Å². The minimum absolute atomic E-state index is 0.00412. The largest absolute Gasteiger partial charge is 0.489 e. The van der Waals surface area contributed by atoms with Crippen molar-refractivity contribution in [1.82, 2.24) is 4.90 Å². The number of carbonyl (C=O) groups excluding carboxylic acids is 1. The van der Waals surface area contributed by atoms with E-state index in [1.165, 1.54) is 0 Å². The summed E-state index contributed by atoms with van der Waals surface area (Å²) in [6.07, 6.45) is 0.995. The van der Waals surface area contributed by atoms with Gasteiger partial charge in [-0.3, -0.25) is 4.79 Å². The first-order valence-corrected chi connectivity index (χ1v) is 6.63. The molecule has 0 amide bonds. The number of halogens is 1. The van der Waals surface area contributed by atoms with Gasteiger partial charge in [-0.2, -0.15) is 0 Å². The van der Waals surface area contributed by atoms with Gasteiger partial charge in [-0.15, -0.1) is 0 Å². The number of likely N-dealkylation sites (tertiary alicyclic amines) is 1. The Kier molecular flexibility index (Phi) is 2.71. The van der Waals surface area contributed by atoms with Crippen molar-refractivity contribution in [2.24, 2.45) is 5.92 Å². The molecule has 0 radical (unpaired) electrons. The average molecular weight is 296 g/mol. The number of ether oxygens (including phenoxy) is 1. The number of fused-ring (bicyclic) bond motifs is 2.